The van der Waals surface area contributed by atoms with Crippen molar-refractivity contribution in [2.75, 3.05) is 42.8 Å². The number of methoxy groups -OCH3 is 1. The van der Waals surface area contributed by atoms with Crippen molar-refractivity contribution >= 4 is 22.4 Å². The summed E-state index contributed by atoms with van der Waals surface area (Å²) in [6.07, 6.45) is 3.60. The average molecular weight is 300 g/mol. The third-order valence-electron chi connectivity index (χ3n) is 2.52. The van der Waals surface area contributed by atoms with Gasteiger partial charge < -0.3 is 15.4 Å². The van der Waals surface area contributed by atoms with Gasteiger partial charge in [0, 0.05) is 49.1 Å². The van der Waals surface area contributed by atoms with Crippen molar-refractivity contribution in [3.8, 4) is 0 Å². The smallest absolute Gasteiger partial charge is 0.158 e. The van der Waals surface area contributed by atoms with E-state index >= 15 is 0 Å². The maximum atomic E-state index is 11.0. The molecule has 20 heavy (non-hydrogen) atoms. The van der Waals surface area contributed by atoms with Crippen LogP contribution in [0.2, 0.25) is 0 Å². The van der Waals surface area contributed by atoms with Crippen molar-refractivity contribution in [3.05, 3.63) is 11.9 Å². The van der Waals surface area contributed by atoms with Crippen LogP contribution in [0.4, 0.5) is 11.6 Å². The summed E-state index contributed by atoms with van der Waals surface area (Å²) >= 11 is 0. The number of hydrogen-bond acceptors (Lipinski definition) is 6. The van der Waals surface area contributed by atoms with E-state index in [0.29, 0.717) is 18.2 Å². The Hall–Kier alpha value is -1.21. The monoisotopic (exact) mass is 300 g/mol. The lowest BCUT2D eigenvalue weighted by molar-refractivity contribution is 0.178. The van der Waals surface area contributed by atoms with Gasteiger partial charge in [-0.25, -0.2) is 9.97 Å². The van der Waals surface area contributed by atoms with Gasteiger partial charge in [0.1, 0.15) is 18.2 Å². The zero-order chi connectivity index (χ0) is 14.8. The molecular formula is C13H24N4O2S. The molecule has 2 N–H and O–H groups in total. The second-order valence-electron chi connectivity index (χ2n) is 4.47. The standard InChI is InChI=1S/C13H24N4O2S/c1-4-6-14-11-9-12(15-7-5-8-20(3)18)17-13(16-11)10-19-2/h9H,4-8,10H2,1-3H3,(H2,14,15,16,17). The second-order valence-corrected chi connectivity index (χ2v) is 6.03. The van der Waals surface area contributed by atoms with Gasteiger partial charge >= 0.3 is 0 Å². The minimum atomic E-state index is -0.745. The fraction of sp³-hybridized carbons (Fsp3) is 0.692. The number of nitrogens with one attached hydrogen (secondary N) is 2. The number of nitrogens with zero attached hydrogens (tertiary/aromatic N) is 2. The molecule has 1 aromatic rings. The molecule has 0 bridgehead atoms. The average Bonchev–Trinajstić information content (AvgIpc) is 2.41. The summed E-state index contributed by atoms with van der Waals surface area (Å²) in [4.78, 5) is 8.77. The van der Waals surface area contributed by atoms with Crippen molar-refractivity contribution in [2.45, 2.75) is 26.4 Å². The first-order valence-corrected chi connectivity index (χ1v) is 8.53. The first kappa shape index (κ1) is 16.8. The summed E-state index contributed by atoms with van der Waals surface area (Å²) in [7, 11) is 0.880. The first-order valence-electron chi connectivity index (χ1n) is 6.80. The summed E-state index contributed by atoms with van der Waals surface area (Å²) in [6, 6.07) is 1.89. The quantitative estimate of drug-likeness (QED) is 0.640. The van der Waals surface area contributed by atoms with Crippen LogP contribution in [0.5, 0.6) is 0 Å². The van der Waals surface area contributed by atoms with E-state index in [-0.39, 0.29) is 0 Å². The Bertz CT molecular complexity index is 429. The van der Waals surface area contributed by atoms with Crippen molar-refractivity contribution in [2.24, 2.45) is 0 Å². The zero-order valence-corrected chi connectivity index (χ0v) is 13.3. The molecule has 7 heteroatoms. The van der Waals surface area contributed by atoms with E-state index < -0.39 is 10.8 Å². The van der Waals surface area contributed by atoms with Crippen molar-refractivity contribution < 1.29 is 8.95 Å². The molecule has 0 saturated heterocycles. The van der Waals surface area contributed by atoms with Crippen LogP contribution in [0.25, 0.3) is 0 Å². The molecule has 1 aromatic heterocycles. The van der Waals surface area contributed by atoms with Crippen LogP contribution in [-0.2, 0) is 22.1 Å². The van der Waals surface area contributed by atoms with E-state index in [1.54, 1.807) is 13.4 Å². The van der Waals surface area contributed by atoms with Gasteiger partial charge in [-0.3, -0.25) is 4.21 Å². The molecule has 1 rings (SSSR count). The molecule has 1 atom stereocenters. The molecule has 0 aliphatic carbocycles. The van der Waals surface area contributed by atoms with Crippen LogP contribution in [-0.4, -0.2) is 46.4 Å². The highest BCUT2D eigenvalue weighted by Gasteiger charge is 2.04. The minimum absolute atomic E-state index is 0.384. The van der Waals surface area contributed by atoms with Crippen LogP contribution < -0.4 is 10.6 Å². The van der Waals surface area contributed by atoms with Crippen molar-refractivity contribution in [1.82, 2.24) is 9.97 Å². The summed E-state index contributed by atoms with van der Waals surface area (Å²) in [6.45, 7) is 4.11. The third-order valence-corrected chi connectivity index (χ3v) is 3.38. The number of rotatable bonds is 10. The SMILES string of the molecule is CCCNc1cc(NCCCS(C)=O)nc(COC)n1. The van der Waals surface area contributed by atoms with Crippen LogP contribution in [0, 0.1) is 0 Å². The zero-order valence-electron chi connectivity index (χ0n) is 12.4. The first-order chi connectivity index (χ1) is 9.65. The van der Waals surface area contributed by atoms with Crippen LogP contribution >= 0.6 is 0 Å². The second kappa shape index (κ2) is 9.66. The molecule has 1 unspecified atom stereocenters. The van der Waals surface area contributed by atoms with E-state index in [1.807, 2.05) is 6.07 Å². The van der Waals surface area contributed by atoms with E-state index in [0.717, 1.165) is 37.6 Å². The van der Waals surface area contributed by atoms with Crippen LogP contribution in [0.15, 0.2) is 6.07 Å². The molecule has 0 aromatic carbocycles. The maximum Gasteiger partial charge on any atom is 0.158 e. The van der Waals surface area contributed by atoms with E-state index in [2.05, 4.69) is 27.5 Å². The molecule has 0 saturated carbocycles. The molecule has 0 aliphatic rings. The van der Waals surface area contributed by atoms with Gasteiger partial charge in [-0.15, -0.1) is 0 Å². The van der Waals surface area contributed by atoms with Crippen molar-refractivity contribution in [1.29, 1.82) is 0 Å². The van der Waals surface area contributed by atoms with Gasteiger partial charge in [0.25, 0.3) is 0 Å². The molecule has 0 spiro atoms. The predicted molar refractivity (Wildman–Crippen MR) is 83.6 cm³/mol. The Morgan fingerprint density at radius 1 is 1.25 bits per heavy atom. The lowest BCUT2D eigenvalue weighted by atomic mass is 10.4. The molecule has 1 heterocycles. The molecule has 0 amide bonds. The minimum Gasteiger partial charge on any atom is -0.377 e. The molecular weight excluding hydrogens is 276 g/mol. The highest BCUT2D eigenvalue weighted by atomic mass is 32.2. The molecule has 0 fully saturated rings. The normalized spacial score (nSPS) is 12.2. The maximum absolute atomic E-state index is 11.0. The largest absolute Gasteiger partial charge is 0.377 e. The van der Waals surface area contributed by atoms with Gasteiger partial charge in [-0.05, 0) is 12.8 Å². The molecule has 114 valence electrons. The Morgan fingerprint density at radius 3 is 2.45 bits per heavy atom. The van der Waals surface area contributed by atoms with Crippen LogP contribution in [0.3, 0.4) is 0 Å². The van der Waals surface area contributed by atoms with E-state index in [1.165, 1.54) is 0 Å². The highest BCUT2D eigenvalue weighted by Crippen LogP contribution is 2.12. The fourth-order valence-electron chi connectivity index (χ4n) is 1.62. The van der Waals surface area contributed by atoms with E-state index in [4.69, 9.17) is 4.74 Å². The summed E-state index contributed by atoms with van der Waals surface area (Å²) in [5.74, 6) is 2.92. The van der Waals surface area contributed by atoms with Gasteiger partial charge in [0.2, 0.25) is 0 Å². The van der Waals surface area contributed by atoms with Gasteiger partial charge in [0.15, 0.2) is 5.82 Å². The predicted octanol–water partition coefficient (Wildman–Crippen LogP) is 1.63. The Balaban J connectivity index is 2.62. The number of ether oxygens (including phenoxy) is 1. The number of anilines is 2. The topological polar surface area (TPSA) is 76.1 Å². The van der Waals surface area contributed by atoms with E-state index in [9.17, 15) is 4.21 Å². The third kappa shape index (κ3) is 6.81. The fourth-order valence-corrected chi connectivity index (χ4v) is 2.17. The highest BCUT2D eigenvalue weighted by molar-refractivity contribution is 7.84. The summed E-state index contributed by atoms with van der Waals surface area (Å²) in [5.41, 5.74) is 0. The molecule has 6 nitrogen and oxygen atoms in total. The van der Waals surface area contributed by atoms with Crippen molar-refractivity contribution in [3.63, 3.8) is 0 Å². The van der Waals surface area contributed by atoms with Gasteiger partial charge in [-0.2, -0.15) is 0 Å². The molecule has 0 aliphatic heterocycles. The van der Waals surface area contributed by atoms with Crippen LogP contribution in [0.1, 0.15) is 25.6 Å². The lowest BCUT2D eigenvalue weighted by Crippen LogP contribution is -2.11. The number of aromatic nitrogens is 2. The molecule has 0 radical (unpaired) electrons. The van der Waals surface area contributed by atoms with Gasteiger partial charge in [-0.1, -0.05) is 6.92 Å². The Labute approximate surface area is 123 Å². The van der Waals surface area contributed by atoms with Gasteiger partial charge in [0.05, 0.1) is 0 Å². The Morgan fingerprint density at radius 2 is 1.90 bits per heavy atom. The Kier molecular flexibility index (Phi) is 8.13. The lowest BCUT2D eigenvalue weighted by Gasteiger charge is -2.10. The summed E-state index contributed by atoms with van der Waals surface area (Å²) < 4.78 is 16.1. The summed E-state index contributed by atoms with van der Waals surface area (Å²) in [5, 5.41) is 6.48. The number of hydrogen-bond donors (Lipinski definition) is 2.